The molecule has 1 aliphatic rings. The van der Waals surface area contributed by atoms with Crippen LogP contribution in [-0.4, -0.2) is 36.7 Å². The van der Waals surface area contributed by atoms with E-state index in [9.17, 15) is 13.2 Å². The molecule has 1 N–H and O–H groups in total. The lowest BCUT2D eigenvalue weighted by molar-refractivity contribution is -0.120. The second-order valence-electron chi connectivity index (χ2n) is 6.42. The third kappa shape index (κ3) is 5.19. The molecule has 0 bridgehead atoms. The van der Waals surface area contributed by atoms with Gasteiger partial charge in [0.05, 0.1) is 23.6 Å². The number of hydrogen-bond acceptors (Lipinski definition) is 4. The molecule has 1 amide bonds. The number of rotatable bonds is 5. The highest BCUT2D eigenvalue weighted by atomic mass is 35.5. The van der Waals surface area contributed by atoms with E-state index in [1.807, 2.05) is 0 Å². The van der Waals surface area contributed by atoms with Crippen LogP contribution in [0.1, 0.15) is 18.4 Å². The van der Waals surface area contributed by atoms with Crippen LogP contribution >= 0.6 is 23.2 Å². The maximum absolute atomic E-state index is 12.8. The number of carbonyl (C=O) groups excluding carboxylic acids is 1. The van der Waals surface area contributed by atoms with E-state index in [4.69, 9.17) is 23.2 Å². The number of hydrogen-bond donors (Lipinski definition) is 1. The smallest absolute Gasteiger partial charge is 0.228 e. The van der Waals surface area contributed by atoms with Crippen LogP contribution in [0.4, 0.5) is 5.69 Å². The van der Waals surface area contributed by atoms with E-state index >= 15 is 0 Å². The highest BCUT2D eigenvalue weighted by Gasteiger charge is 2.32. The highest BCUT2D eigenvalue weighted by Crippen LogP contribution is 2.26. The van der Waals surface area contributed by atoms with E-state index in [0.29, 0.717) is 40.7 Å². The second-order valence-corrected chi connectivity index (χ2v) is 9.23. The van der Waals surface area contributed by atoms with Crippen LogP contribution in [-0.2, 0) is 20.6 Å². The molecule has 3 rings (SSSR count). The molecule has 1 atom stereocenters. The molecule has 0 spiro atoms. The van der Waals surface area contributed by atoms with E-state index in [1.54, 1.807) is 36.7 Å². The minimum atomic E-state index is -3.60. The van der Waals surface area contributed by atoms with Gasteiger partial charge in [0.2, 0.25) is 15.9 Å². The van der Waals surface area contributed by atoms with E-state index in [-0.39, 0.29) is 18.2 Å². The van der Waals surface area contributed by atoms with Gasteiger partial charge in [0.25, 0.3) is 0 Å². The van der Waals surface area contributed by atoms with Crippen molar-refractivity contribution in [3.8, 4) is 0 Å². The van der Waals surface area contributed by atoms with Crippen molar-refractivity contribution in [3.05, 3.63) is 58.3 Å². The monoisotopic (exact) mass is 427 g/mol. The van der Waals surface area contributed by atoms with Crippen molar-refractivity contribution in [1.29, 1.82) is 0 Å². The van der Waals surface area contributed by atoms with Crippen molar-refractivity contribution in [1.82, 2.24) is 9.29 Å². The van der Waals surface area contributed by atoms with Crippen LogP contribution in [0.3, 0.4) is 0 Å². The number of piperidine rings is 1. The van der Waals surface area contributed by atoms with Gasteiger partial charge >= 0.3 is 0 Å². The van der Waals surface area contributed by atoms with E-state index in [0.717, 1.165) is 0 Å². The molecule has 2 aromatic rings. The Morgan fingerprint density at radius 1 is 1.30 bits per heavy atom. The number of nitrogens with zero attached hydrogens (tertiary/aromatic N) is 2. The fourth-order valence-corrected chi connectivity index (χ4v) is 5.21. The molecule has 0 saturated carbocycles. The zero-order valence-electron chi connectivity index (χ0n) is 14.4. The fourth-order valence-electron chi connectivity index (χ4n) is 3.02. The summed E-state index contributed by atoms with van der Waals surface area (Å²) in [6.45, 7) is 0.545. The van der Waals surface area contributed by atoms with Gasteiger partial charge in [0.15, 0.2) is 0 Å². The van der Waals surface area contributed by atoms with Gasteiger partial charge in [-0.15, -0.1) is 0 Å². The van der Waals surface area contributed by atoms with Crippen molar-refractivity contribution in [2.24, 2.45) is 5.92 Å². The zero-order chi connectivity index (χ0) is 19.4. The largest absolute Gasteiger partial charge is 0.324 e. The molecule has 9 heteroatoms. The number of nitrogens with one attached hydrogen (secondary N) is 1. The predicted octanol–water partition coefficient (Wildman–Crippen LogP) is 3.57. The Hall–Kier alpha value is -1.67. The summed E-state index contributed by atoms with van der Waals surface area (Å²) < 4.78 is 27.0. The average Bonchev–Trinajstić information content (AvgIpc) is 2.65. The average molecular weight is 428 g/mol. The summed E-state index contributed by atoms with van der Waals surface area (Å²) in [7, 11) is -3.60. The summed E-state index contributed by atoms with van der Waals surface area (Å²) in [5, 5.41) is 3.55. The number of benzene rings is 1. The maximum Gasteiger partial charge on any atom is 0.228 e. The van der Waals surface area contributed by atoms with Gasteiger partial charge in [0, 0.05) is 29.3 Å². The first-order valence-corrected chi connectivity index (χ1v) is 10.8. The first kappa shape index (κ1) is 20.1. The molecule has 1 aromatic carbocycles. The highest BCUT2D eigenvalue weighted by molar-refractivity contribution is 7.88. The quantitative estimate of drug-likeness (QED) is 0.790. The molecular formula is C18H19Cl2N3O3S. The summed E-state index contributed by atoms with van der Waals surface area (Å²) in [6.07, 6.45) is 4.43. The van der Waals surface area contributed by atoms with Gasteiger partial charge in [0.1, 0.15) is 0 Å². The van der Waals surface area contributed by atoms with Crippen molar-refractivity contribution in [3.63, 3.8) is 0 Å². The van der Waals surface area contributed by atoms with Crippen LogP contribution in [0.2, 0.25) is 10.0 Å². The summed E-state index contributed by atoms with van der Waals surface area (Å²) in [6, 6.07) is 8.21. The number of halogens is 2. The molecule has 0 aliphatic carbocycles. The zero-order valence-corrected chi connectivity index (χ0v) is 16.8. The summed E-state index contributed by atoms with van der Waals surface area (Å²) in [5.74, 6) is -0.832. The Balaban J connectivity index is 1.68. The van der Waals surface area contributed by atoms with Gasteiger partial charge in [-0.3, -0.25) is 9.78 Å². The van der Waals surface area contributed by atoms with Crippen molar-refractivity contribution in [2.45, 2.75) is 18.6 Å². The second kappa shape index (κ2) is 8.56. The van der Waals surface area contributed by atoms with Crippen LogP contribution in [0.15, 0.2) is 42.7 Å². The van der Waals surface area contributed by atoms with Crippen LogP contribution < -0.4 is 5.32 Å². The molecule has 144 valence electrons. The Kier molecular flexibility index (Phi) is 6.37. The molecular weight excluding hydrogens is 409 g/mol. The Morgan fingerprint density at radius 3 is 2.81 bits per heavy atom. The predicted molar refractivity (Wildman–Crippen MR) is 106 cm³/mol. The maximum atomic E-state index is 12.8. The van der Waals surface area contributed by atoms with Crippen LogP contribution in [0.25, 0.3) is 0 Å². The van der Waals surface area contributed by atoms with Crippen molar-refractivity contribution < 1.29 is 13.2 Å². The lowest BCUT2D eigenvalue weighted by Crippen LogP contribution is -2.44. The SMILES string of the molecule is O=C(Nc1cccnc1)C1CCCN(S(=O)(=O)Cc2ccc(Cl)cc2Cl)C1. The molecule has 0 radical (unpaired) electrons. The summed E-state index contributed by atoms with van der Waals surface area (Å²) in [5.41, 5.74) is 1.08. The third-order valence-corrected chi connectivity index (χ3v) is 6.81. The van der Waals surface area contributed by atoms with Gasteiger partial charge in [-0.25, -0.2) is 12.7 Å². The summed E-state index contributed by atoms with van der Waals surface area (Å²) in [4.78, 5) is 16.4. The summed E-state index contributed by atoms with van der Waals surface area (Å²) >= 11 is 12.0. The lowest BCUT2D eigenvalue weighted by Gasteiger charge is -2.31. The molecule has 27 heavy (non-hydrogen) atoms. The number of anilines is 1. The Morgan fingerprint density at radius 2 is 2.11 bits per heavy atom. The van der Waals surface area contributed by atoms with E-state index < -0.39 is 15.9 Å². The first-order valence-electron chi connectivity index (χ1n) is 8.48. The van der Waals surface area contributed by atoms with Crippen molar-refractivity contribution in [2.75, 3.05) is 18.4 Å². The number of carbonyl (C=O) groups is 1. The van der Waals surface area contributed by atoms with Crippen molar-refractivity contribution >= 4 is 44.8 Å². The lowest BCUT2D eigenvalue weighted by atomic mass is 9.99. The minimum Gasteiger partial charge on any atom is -0.324 e. The number of sulfonamides is 1. The minimum absolute atomic E-state index is 0.152. The molecule has 6 nitrogen and oxygen atoms in total. The Bertz CT molecular complexity index is 923. The Labute approximate surface area is 168 Å². The van der Waals surface area contributed by atoms with E-state index in [1.165, 1.54) is 10.4 Å². The van der Waals surface area contributed by atoms with Gasteiger partial charge in [-0.05, 0) is 42.7 Å². The van der Waals surface area contributed by atoms with Crippen LogP contribution in [0.5, 0.6) is 0 Å². The van der Waals surface area contributed by atoms with Gasteiger partial charge in [-0.1, -0.05) is 29.3 Å². The molecule has 1 unspecified atom stereocenters. The van der Waals surface area contributed by atoms with Crippen LogP contribution in [0, 0.1) is 5.92 Å². The third-order valence-electron chi connectivity index (χ3n) is 4.43. The fraction of sp³-hybridized carbons (Fsp3) is 0.333. The molecule has 1 aromatic heterocycles. The van der Waals surface area contributed by atoms with Gasteiger partial charge < -0.3 is 5.32 Å². The molecule has 1 aliphatic heterocycles. The van der Waals surface area contributed by atoms with E-state index in [2.05, 4.69) is 10.3 Å². The number of aromatic nitrogens is 1. The topological polar surface area (TPSA) is 79.4 Å². The normalized spacial score (nSPS) is 18.2. The first-order chi connectivity index (χ1) is 12.8. The number of pyridine rings is 1. The standard InChI is InChI=1S/C18H19Cl2N3O3S/c19-15-6-5-14(17(20)9-15)12-27(25,26)23-8-2-3-13(11-23)18(24)22-16-4-1-7-21-10-16/h1,4-7,9-10,13H,2-3,8,11-12H2,(H,22,24). The molecule has 1 fully saturated rings. The number of amides is 1. The van der Waals surface area contributed by atoms with Gasteiger partial charge in [-0.2, -0.15) is 0 Å². The molecule has 2 heterocycles. The molecule has 1 saturated heterocycles.